The van der Waals surface area contributed by atoms with E-state index in [1.807, 2.05) is 0 Å². The molecule has 0 heterocycles. The van der Waals surface area contributed by atoms with Crippen LogP contribution >= 0.6 is 0 Å². The molecule has 0 amide bonds. The Morgan fingerprint density at radius 2 is 0.400 bits per heavy atom. The van der Waals surface area contributed by atoms with E-state index in [1.165, 1.54) is 180 Å². The van der Waals surface area contributed by atoms with Crippen LogP contribution in [0.3, 0.4) is 0 Å². The zero-order chi connectivity index (χ0) is 61.3. The van der Waals surface area contributed by atoms with Crippen LogP contribution in [-0.2, 0) is 0 Å². The summed E-state index contributed by atoms with van der Waals surface area (Å²) in [5, 5.41) is 0. The van der Waals surface area contributed by atoms with Crippen molar-refractivity contribution < 1.29 is 0 Å². The zero-order valence-corrected chi connectivity index (χ0v) is 60.5. The monoisotopic (exact) mass is 1230 g/mol. The van der Waals surface area contributed by atoms with E-state index >= 15 is 0 Å². The molecule has 16 saturated carbocycles. The van der Waals surface area contributed by atoms with E-state index < -0.39 is 0 Å². The highest BCUT2D eigenvalue weighted by Gasteiger charge is 2.63. The molecule has 0 aliphatic heterocycles. The molecule has 0 saturated heterocycles. The van der Waals surface area contributed by atoms with Gasteiger partial charge in [0.15, 0.2) is 0 Å². The summed E-state index contributed by atoms with van der Waals surface area (Å²) in [7, 11) is 0. The highest BCUT2D eigenvalue weighted by molar-refractivity contribution is 5.14. The zero-order valence-electron chi connectivity index (χ0n) is 60.5. The van der Waals surface area contributed by atoms with E-state index in [2.05, 4.69) is 89.5 Å². The second kappa shape index (κ2) is 25.9. The van der Waals surface area contributed by atoms with Gasteiger partial charge in [-0.1, -0.05) is 131 Å². The van der Waals surface area contributed by atoms with Crippen molar-refractivity contribution in [3.63, 3.8) is 0 Å². The molecule has 16 aliphatic carbocycles. The molecule has 0 spiro atoms. The molecule has 0 aromatic heterocycles. The van der Waals surface area contributed by atoms with Gasteiger partial charge in [-0.2, -0.15) is 0 Å². The van der Waals surface area contributed by atoms with Crippen LogP contribution in [0, 0.1) is 152 Å². The summed E-state index contributed by atoms with van der Waals surface area (Å²) in [6, 6.07) is 5.13. The molecule has 16 rings (SSSR count). The number of fused-ring (bicyclic) bond motifs is 12. The van der Waals surface area contributed by atoms with E-state index in [9.17, 15) is 0 Å². The SMILES string of the molecule is CC1(C)C2CCCCC2C2CCC(N(C3CCC(C=CC4CCC(C5CCC(C=CC6CCC(N(C7CCC8C9CCCCC9C(C)(C)C8C7)C7CCC8C9CCCCC9C(C)(C)C8C7)CC6)CC5)CC4)CC3)C3CCC4C5CCCCC5C(C)(C)C4C3)CC21. The van der Waals surface area contributed by atoms with Crippen molar-refractivity contribution in [1.29, 1.82) is 0 Å². The Balaban J connectivity index is 0.504. The Bertz CT molecular complexity index is 2160. The van der Waals surface area contributed by atoms with Gasteiger partial charge in [0.1, 0.15) is 0 Å². The van der Waals surface area contributed by atoms with Gasteiger partial charge in [0.25, 0.3) is 0 Å². The quantitative estimate of drug-likeness (QED) is 0.190. The number of hydrogen-bond acceptors (Lipinski definition) is 2. The molecule has 2 heteroatoms. The van der Waals surface area contributed by atoms with Crippen LogP contribution in [0.1, 0.15) is 338 Å². The van der Waals surface area contributed by atoms with E-state index in [4.69, 9.17) is 0 Å². The van der Waals surface area contributed by atoms with Crippen molar-refractivity contribution in [1.82, 2.24) is 9.80 Å². The van der Waals surface area contributed by atoms with Crippen LogP contribution in [0.2, 0.25) is 0 Å². The largest absolute Gasteiger partial charge is 0.294 e. The van der Waals surface area contributed by atoms with E-state index in [-0.39, 0.29) is 0 Å². The third-order valence-corrected chi connectivity index (χ3v) is 36.3. The molecule has 16 fully saturated rings. The lowest BCUT2D eigenvalue weighted by Gasteiger charge is -2.53. The number of nitrogens with zero attached hydrogens (tertiary/aromatic N) is 2. The molecule has 2 nitrogen and oxygen atoms in total. The van der Waals surface area contributed by atoms with Gasteiger partial charge in [-0.15, -0.1) is 0 Å². The molecule has 90 heavy (non-hydrogen) atoms. The third-order valence-electron chi connectivity index (χ3n) is 36.3. The highest BCUT2D eigenvalue weighted by Crippen LogP contribution is 2.69. The standard InChI is InChI=1S/C88H144N2/c1-85(2)77-21-13-9-17-69(77)73-49-45-65(53-81(73)85)89(66-46-50-74-70-18-10-14-22-78(70)86(3,4)82(74)54-66)63-41-33-59(34-42-63)27-25-57-29-37-61(38-30-57)62-39-31-58(32-40-62)26-28-60-35-43-64(44-36-60)90(67-47-51-75-71-19-11-15-23-79(71)87(5,6)83(75)55-67)68-48-52-76-72-20-12-16-24-80(72)88(7,8)84(76)56-68/h25-28,57-84H,9-24,29-56H2,1-8H3. The van der Waals surface area contributed by atoms with Gasteiger partial charge in [-0.25, -0.2) is 0 Å². The minimum atomic E-state index is 0.554. The summed E-state index contributed by atoms with van der Waals surface area (Å²) in [5.74, 6) is 21.8. The second-order valence-corrected chi connectivity index (χ2v) is 40.6. The first-order valence-corrected chi connectivity index (χ1v) is 42.5. The number of rotatable bonds is 11. The fourth-order valence-corrected chi connectivity index (χ4v) is 31.9. The highest BCUT2D eigenvalue weighted by atomic mass is 15.2. The maximum Gasteiger partial charge on any atom is 0.0104 e. The van der Waals surface area contributed by atoms with Crippen LogP contribution in [0.25, 0.3) is 0 Å². The Kier molecular flexibility index (Phi) is 18.5. The van der Waals surface area contributed by atoms with E-state index in [0.717, 1.165) is 166 Å². The lowest BCUT2D eigenvalue weighted by molar-refractivity contribution is -0.0348. The molecule has 0 aromatic rings. The topological polar surface area (TPSA) is 6.48 Å². The molecule has 16 aliphatic rings. The van der Waals surface area contributed by atoms with Gasteiger partial charge in [-0.3, -0.25) is 9.80 Å². The summed E-state index contributed by atoms with van der Waals surface area (Å²) in [6.07, 6.45) is 78.2. The van der Waals surface area contributed by atoms with Crippen LogP contribution in [0.5, 0.6) is 0 Å². The van der Waals surface area contributed by atoms with Crippen molar-refractivity contribution in [2.24, 2.45) is 152 Å². The van der Waals surface area contributed by atoms with Gasteiger partial charge in [-0.05, 0) is 383 Å². The summed E-state index contributed by atoms with van der Waals surface area (Å²) >= 11 is 0. The van der Waals surface area contributed by atoms with E-state index in [0.29, 0.717) is 21.7 Å². The summed E-state index contributed by atoms with van der Waals surface area (Å²) in [6.45, 7) is 22.2. The predicted molar refractivity (Wildman–Crippen MR) is 380 cm³/mol. The average molecular weight is 1230 g/mol. The van der Waals surface area contributed by atoms with Crippen molar-refractivity contribution >= 4 is 0 Å². The van der Waals surface area contributed by atoms with Crippen LogP contribution in [0.4, 0.5) is 0 Å². The summed E-state index contributed by atoms with van der Waals surface area (Å²) < 4.78 is 0. The smallest absolute Gasteiger partial charge is 0.0104 e. The molecular formula is C88H144N2. The lowest BCUT2D eigenvalue weighted by atomic mass is 9.65. The minimum Gasteiger partial charge on any atom is -0.294 e. The Morgan fingerprint density at radius 3 is 0.644 bits per heavy atom. The average Bonchev–Trinajstić information content (AvgIpc) is 1.61. The van der Waals surface area contributed by atoms with Gasteiger partial charge >= 0.3 is 0 Å². The molecule has 0 bridgehead atoms. The molecule has 506 valence electrons. The molecule has 0 radical (unpaired) electrons. The van der Waals surface area contributed by atoms with Crippen LogP contribution in [-0.4, -0.2) is 46.1 Å². The molecule has 20 atom stereocenters. The van der Waals surface area contributed by atoms with Crippen LogP contribution in [0.15, 0.2) is 24.3 Å². The fraction of sp³-hybridized carbons (Fsp3) is 0.955. The molecule has 0 N–H and O–H groups in total. The first-order chi connectivity index (χ1) is 43.6. The Morgan fingerprint density at radius 1 is 0.200 bits per heavy atom. The first-order valence-electron chi connectivity index (χ1n) is 42.5. The third kappa shape index (κ3) is 11.6. The molecular weight excluding hydrogens is 1080 g/mol. The fourth-order valence-electron chi connectivity index (χ4n) is 31.9. The van der Waals surface area contributed by atoms with Gasteiger partial charge in [0.05, 0.1) is 0 Å². The maximum absolute atomic E-state index is 3.42. The van der Waals surface area contributed by atoms with E-state index in [1.54, 1.807) is 103 Å². The number of allylic oxidation sites excluding steroid dienone is 4. The summed E-state index contributed by atoms with van der Waals surface area (Å²) in [4.78, 5) is 6.83. The number of hydrogen-bond donors (Lipinski definition) is 0. The molecule has 0 aromatic carbocycles. The Labute approximate surface area is 557 Å². The normalized spacial score (nSPS) is 51.2. The maximum atomic E-state index is 3.42. The van der Waals surface area contributed by atoms with Gasteiger partial charge < -0.3 is 0 Å². The Hall–Kier alpha value is -0.600. The lowest BCUT2D eigenvalue weighted by Crippen LogP contribution is -2.55. The first kappa shape index (κ1) is 64.1. The molecule has 20 unspecified atom stereocenters. The minimum absolute atomic E-state index is 0.554. The predicted octanol–water partition coefficient (Wildman–Crippen LogP) is 24.0. The van der Waals surface area contributed by atoms with Crippen molar-refractivity contribution in [3.8, 4) is 0 Å². The summed E-state index contributed by atoms with van der Waals surface area (Å²) in [5.41, 5.74) is 2.22. The van der Waals surface area contributed by atoms with Gasteiger partial charge in [0, 0.05) is 36.3 Å². The van der Waals surface area contributed by atoms with Crippen LogP contribution < -0.4 is 0 Å². The van der Waals surface area contributed by atoms with Crippen molar-refractivity contribution in [3.05, 3.63) is 24.3 Å². The second-order valence-electron chi connectivity index (χ2n) is 40.6. The van der Waals surface area contributed by atoms with Crippen molar-refractivity contribution in [2.45, 2.75) is 374 Å². The van der Waals surface area contributed by atoms with Crippen molar-refractivity contribution in [2.75, 3.05) is 0 Å². The van der Waals surface area contributed by atoms with Gasteiger partial charge in [0.2, 0.25) is 0 Å².